The molecular formula is C21H32N4O3S. The van der Waals surface area contributed by atoms with Crippen LogP contribution in [0.2, 0.25) is 0 Å². The van der Waals surface area contributed by atoms with Crippen molar-refractivity contribution in [2.75, 3.05) is 45.8 Å². The maximum absolute atomic E-state index is 13.0. The van der Waals surface area contributed by atoms with Crippen molar-refractivity contribution in [3.8, 4) is 0 Å². The third-order valence-electron chi connectivity index (χ3n) is 5.36. The number of thiophene rings is 1. The van der Waals surface area contributed by atoms with E-state index in [2.05, 4.69) is 10.2 Å². The average molecular weight is 421 g/mol. The second-order valence-corrected chi connectivity index (χ2v) is 9.91. The van der Waals surface area contributed by atoms with Crippen molar-refractivity contribution in [1.29, 1.82) is 0 Å². The molecule has 3 heterocycles. The van der Waals surface area contributed by atoms with E-state index in [-0.39, 0.29) is 29.2 Å². The molecule has 2 saturated heterocycles. The maximum atomic E-state index is 13.0. The van der Waals surface area contributed by atoms with Gasteiger partial charge in [-0.05, 0) is 45.1 Å². The smallest absolute Gasteiger partial charge is 0.263 e. The van der Waals surface area contributed by atoms with Crippen LogP contribution in [-0.4, -0.2) is 83.8 Å². The Morgan fingerprint density at radius 3 is 2.45 bits per heavy atom. The van der Waals surface area contributed by atoms with Crippen LogP contribution in [-0.2, 0) is 9.59 Å². The molecule has 0 bridgehead atoms. The van der Waals surface area contributed by atoms with E-state index in [4.69, 9.17) is 0 Å². The van der Waals surface area contributed by atoms with Crippen LogP contribution in [0.25, 0.3) is 0 Å². The number of hydrogen-bond donors (Lipinski definition) is 1. The molecule has 1 aromatic rings. The molecule has 1 N–H and O–H groups in total. The lowest BCUT2D eigenvalue weighted by atomic mass is 9.96. The van der Waals surface area contributed by atoms with Gasteiger partial charge in [0.25, 0.3) is 5.91 Å². The summed E-state index contributed by atoms with van der Waals surface area (Å²) < 4.78 is 0. The highest BCUT2D eigenvalue weighted by atomic mass is 32.1. The minimum Gasteiger partial charge on any atom is -0.350 e. The third kappa shape index (κ3) is 6.02. The van der Waals surface area contributed by atoms with E-state index in [1.54, 1.807) is 0 Å². The standard InChI is InChI=1S/C21H32N4O3S/c1-21(2,3)22-18(26)15-23-9-11-24(12-10-23)19(27)16-6-4-8-25(14-16)20(28)17-7-5-13-29-17/h5,7,13,16H,4,6,8-12,14-15H2,1-3H3,(H,22,26). The van der Waals surface area contributed by atoms with Gasteiger partial charge in [-0.3, -0.25) is 19.3 Å². The van der Waals surface area contributed by atoms with Crippen molar-refractivity contribution < 1.29 is 14.4 Å². The summed E-state index contributed by atoms with van der Waals surface area (Å²) in [5.74, 6) is 0.0790. The minimum absolute atomic E-state index is 0.0206. The Bertz CT molecular complexity index is 721. The van der Waals surface area contributed by atoms with E-state index in [1.165, 1.54) is 11.3 Å². The molecule has 29 heavy (non-hydrogen) atoms. The molecule has 8 heteroatoms. The number of nitrogens with one attached hydrogen (secondary N) is 1. The third-order valence-corrected chi connectivity index (χ3v) is 6.21. The van der Waals surface area contributed by atoms with Crippen LogP contribution >= 0.6 is 11.3 Å². The fourth-order valence-corrected chi connectivity index (χ4v) is 4.66. The summed E-state index contributed by atoms with van der Waals surface area (Å²) in [6.45, 7) is 10.2. The molecule has 1 unspecified atom stereocenters. The molecule has 0 aromatic carbocycles. The lowest BCUT2D eigenvalue weighted by Crippen LogP contribution is -2.55. The monoisotopic (exact) mass is 420 g/mol. The van der Waals surface area contributed by atoms with Crippen LogP contribution in [0.5, 0.6) is 0 Å². The summed E-state index contributed by atoms with van der Waals surface area (Å²) >= 11 is 1.45. The fourth-order valence-electron chi connectivity index (χ4n) is 3.96. The van der Waals surface area contributed by atoms with E-state index in [0.29, 0.717) is 39.3 Å². The van der Waals surface area contributed by atoms with Gasteiger partial charge in [-0.25, -0.2) is 0 Å². The van der Waals surface area contributed by atoms with Crippen LogP contribution in [0.3, 0.4) is 0 Å². The normalized spacial score (nSPS) is 21.1. The van der Waals surface area contributed by atoms with Gasteiger partial charge in [0.05, 0.1) is 17.3 Å². The first-order chi connectivity index (χ1) is 13.7. The molecular weight excluding hydrogens is 388 g/mol. The number of likely N-dealkylation sites (tertiary alicyclic amines) is 1. The highest BCUT2D eigenvalue weighted by Gasteiger charge is 2.33. The quantitative estimate of drug-likeness (QED) is 0.804. The number of piperidine rings is 1. The van der Waals surface area contributed by atoms with E-state index in [9.17, 15) is 14.4 Å². The Hall–Kier alpha value is -1.93. The van der Waals surface area contributed by atoms with Gasteiger partial charge in [0, 0.05) is 44.8 Å². The van der Waals surface area contributed by atoms with Crippen LogP contribution in [0.15, 0.2) is 17.5 Å². The van der Waals surface area contributed by atoms with Crippen molar-refractivity contribution in [2.24, 2.45) is 5.92 Å². The lowest BCUT2D eigenvalue weighted by molar-refractivity contribution is -0.139. The first-order valence-corrected chi connectivity index (χ1v) is 11.3. The molecule has 3 amide bonds. The molecule has 2 fully saturated rings. The number of amides is 3. The number of carbonyl (C=O) groups is 3. The van der Waals surface area contributed by atoms with Crippen molar-refractivity contribution in [1.82, 2.24) is 20.0 Å². The molecule has 7 nitrogen and oxygen atoms in total. The number of hydrogen-bond acceptors (Lipinski definition) is 5. The van der Waals surface area contributed by atoms with Crippen LogP contribution in [0, 0.1) is 5.92 Å². The number of piperazine rings is 1. The molecule has 2 aliphatic rings. The van der Waals surface area contributed by atoms with Crippen LogP contribution in [0.1, 0.15) is 43.3 Å². The largest absolute Gasteiger partial charge is 0.350 e. The predicted octanol–water partition coefficient (Wildman–Crippen LogP) is 1.66. The summed E-state index contributed by atoms with van der Waals surface area (Å²) in [4.78, 5) is 44.3. The maximum Gasteiger partial charge on any atom is 0.263 e. The van der Waals surface area contributed by atoms with Gasteiger partial charge < -0.3 is 15.1 Å². The highest BCUT2D eigenvalue weighted by Crippen LogP contribution is 2.22. The Balaban J connectivity index is 1.47. The molecule has 0 aliphatic carbocycles. The molecule has 0 spiro atoms. The molecule has 2 aliphatic heterocycles. The Kier molecular flexibility index (Phi) is 6.95. The Labute approximate surface area is 177 Å². The summed E-state index contributed by atoms with van der Waals surface area (Å²) in [6.07, 6.45) is 1.70. The van der Waals surface area contributed by atoms with Gasteiger partial charge >= 0.3 is 0 Å². The van der Waals surface area contributed by atoms with Crippen LogP contribution in [0.4, 0.5) is 0 Å². The topological polar surface area (TPSA) is 73.0 Å². The molecule has 160 valence electrons. The number of nitrogens with zero attached hydrogens (tertiary/aromatic N) is 3. The first kappa shape index (κ1) is 21.8. The van der Waals surface area contributed by atoms with E-state index >= 15 is 0 Å². The highest BCUT2D eigenvalue weighted by molar-refractivity contribution is 7.12. The van der Waals surface area contributed by atoms with E-state index in [1.807, 2.05) is 48.1 Å². The van der Waals surface area contributed by atoms with Crippen molar-refractivity contribution in [3.63, 3.8) is 0 Å². The molecule has 3 rings (SSSR count). The summed E-state index contributed by atoms with van der Waals surface area (Å²) in [5, 5.41) is 4.89. The van der Waals surface area contributed by atoms with Crippen LogP contribution < -0.4 is 5.32 Å². The predicted molar refractivity (Wildman–Crippen MR) is 114 cm³/mol. The Morgan fingerprint density at radius 1 is 1.10 bits per heavy atom. The zero-order valence-electron chi connectivity index (χ0n) is 17.6. The van der Waals surface area contributed by atoms with Crippen molar-refractivity contribution in [3.05, 3.63) is 22.4 Å². The zero-order valence-corrected chi connectivity index (χ0v) is 18.5. The fraction of sp³-hybridized carbons (Fsp3) is 0.667. The van der Waals surface area contributed by atoms with E-state index in [0.717, 1.165) is 24.3 Å². The SMILES string of the molecule is CC(C)(C)NC(=O)CN1CCN(C(=O)C2CCCN(C(=O)c3cccs3)C2)CC1. The van der Waals surface area contributed by atoms with Crippen molar-refractivity contribution in [2.45, 2.75) is 39.2 Å². The molecule has 0 radical (unpaired) electrons. The lowest BCUT2D eigenvalue weighted by Gasteiger charge is -2.39. The molecule has 1 aromatic heterocycles. The first-order valence-electron chi connectivity index (χ1n) is 10.4. The second kappa shape index (κ2) is 9.26. The van der Waals surface area contributed by atoms with Gasteiger partial charge in [0.2, 0.25) is 11.8 Å². The zero-order chi connectivity index (χ0) is 21.0. The summed E-state index contributed by atoms with van der Waals surface area (Å²) in [7, 11) is 0. The van der Waals surface area contributed by atoms with Crippen molar-refractivity contribution >= 4 is 29.1 Å². The summed E-state index contributed by atoms with van der Waals surface area (Å²) in [5.41, 5.74) is -0.234. The van der Waals surface area contributed by atoms with Gasteiger partial charge in [0.1, 0.15) is 0 Å². The van der Waals surface area contributed by atoms with Gasteiger partial charge in [-0.15, -0.1) is 11.3 Å². The number of rotatable bonds is 4. The summed E-state index contributed by atoms with van der Waals surface area (Å²) in [6, 6.07) is 3.72. The van der Waals surface area contributed by atoms with Gasteiger partial charge in [-0.2, -0.15) is 0 Å². The molecule has 1 atom stereocenters. The van der Waals surface area contributed by atoms with Gasteiger partial charge in [0.15, 0.2) is 0 Å². The average Bonchev–Trinajstić information content (AvgIpc) is 3.21. The van der Waals surface area contributed by atoms with E-state index < -0.39 is 0 Å². The van der Waals surface area contributed by atoms with Gasteiger partial charge in [-0.1, -0.05) is 6.07 Å². The second-order valence-electron chi connectivity index (χ2n) is 8.97. The minimum atomic E-state index is -0.234. The Morgan fingerprint density at radius 2 is 1.83 bits per heavy atom. The number of carbonyl (C=O) groups excluding carboxylic acids is 3. The molecule has 0 saturated carbocycles.